The first-order chi connectivity index (χ1) is 21.3. The van der Waals surface area contributed by atoms with Crippen molar-refractivity contribution in [3.63, 3.8) is 0 Å². The largest absolute Gasteiger partial charge is 0.619 e. The van der Waals surface area contributed by atoms with Gasteiger partial charge >= 0.3 is 18.6 Å². The summed E-state index contributed by atoms with van der Waals surface area (Å²) in [5.41, 5.74) is 0.688. The van der Waals surface area contributed by atoms with Gasteiger partial charge in [0.1, 0.15) is 22.7 Å². The first-order valence-corrected chi connectivity index (χ1v) is 15.9. The van der Waals surface area contributed by atoms with Crippen molar-refractivity contribution >= 4 is 45.2 Å². The molecule has 242 valence electrons. The minimum Gasteiger partial charge on any atom is -0.619 e. The predicted molar refractivity (Wildman–Crippen MR) is 158 cm³/mol. The minimum absolute atomic E-state index is 0.0200. The molecule has 0 bridgehead atoms. The van der Waals surface area contributed by atoms with Crippen LogP contribution in [-0.4, -0.2) is 47.2 Å². The van der Waals surface area contributed by atoms with Crippen molar-refractivity contribution < 1.29 is 50.5 Å². The van der Waals surface area contributed by atoms with Crippen LogP contribution < -0.4 is 18.9 Å². The molecule has 0 spiro atoms. The highest BCUT2D eigenvalue weighted by Crippen LogP contribution is 2.37. The Hall–Kier alpha value is -3.72. The lowest BCUT2D eigenvalue weighted by Gasteiger charge is -2.21. The summed E-state index contributed by atoms with van der Waals surface area (Å²) in [4.78, 5) is 25.0. The van der Waals surface area contributed by atoms with E-state index in [-0.39, 0.29) is 62.7 Å². The number of benzene rings is 2. The van der Waals surface area contributed by atoms with Crippen molar-refractivity contribution in [1.82, 2.24) is 4.72 Å². The molecule has 45 heavy (non-hydrogen) atoms. The number of nitrogens with one attached hydrogen (secondary N) is 1. The van der Waals surface area contributed by atoms with E-state index in [9.17, 15) is 32.0 Å². The average molecular weight is 690 g/mol. The van der Waals surface area contributed by atoms with Crippen LogP contribution in [0.25, 0.3) is 0 Å². The number of rotatable bonds is 15. The molecule has 0 radical (unpaired) electrons. The molecule has 0 aliphatic heterocycles. The van der Waals surface area contributed by atoms with Gasteiger partial charge in [-0.25, -0.2) is 17.9 Å². The first-order valence-electron chi connectivity index (χ1n) is 13.5. The molecule has 16 heteroatoms. The third-order valence-electron chi connectivity index (χ3n) is 6.65. The quantitative estimate of drug-likeness (QED) is 0.136. The van der Waals surface area contributed by atoms with Gasteiger partial charge in [0, 0.05) is 12.0 Å². The number of hydrogen-bond acceptors (Lipinski definition) is 9. The van der Waals surface area contributed by atoms with Gasteiger partial charge in [-0.05, 0) is 48.1 Å². The lowest BCUT2D eigenvalue weighted by molar-refractivity contribution is -0.605. The summed E-state index contributed by atoms with van der Waals surface area (Å²) in [6.07, 6.45) is 2.58. The molecular weight excluding hydrogens is 661 g/mol. The number of carbonyl (C=O) groups excluding carboxylic acids is 2. The number of halogens is 4. The van der Waals surface area contributed by atoms with Crippen LogP contribution in [0.5, 0.6) is 11.5 Å². The van der Waals surface area contributed by atoms with Crippen LogP contribution in [0.4, 0.5) is 8.78 Å². The van der Waals surface area contributed by atoms with Crippen LogP contribution in [-0.2, 0) is 36.5 Å². The second kappa shape index (κ2) is 15.0. The number of hydrogen-bond donors (Lipinski definition) is 1. The van der Waals surface area contributed by atoms with Crippen molar-refractivity contribution in [2.24, 2.45) is 5.92 Å². The van der Waals surface area contributed by atoms with Gasteiger partial charge in [-0.2, -0.15) is 13.5 Å². The fourth-order valence-electron chi connectivity index (χ4n) is 4.24. The van der Waals surface area contributed by atoms with Gasteiger partial charge in [-0.3, -0.25) is 4.79 Å². The highest BCUT2D eigenvalue weighted by molar-refractivity contribution is 7.88. The Morgan fingerprint density at radius 3 is 2.42 bits per heavy atom. The minimum atomic E-state index is -4.15. The third-order valence-corrected chi connectivity index (χ3v) is 8.58. The Labute approximate surface area is 267 Å². The van der Waals surface area contributed by atoms with E-state index in [0.29, 0.717) is 4.73 Å². The normalized spacial score (nSPS) is 13.7. The van der Waals surface area contributed by atoms with E-state index >= 15 is 0 Å². The molecule has 1 atom stereocenters. The average Bonchev–Trinajstić information content (AvgIpc) is 3.81. The molecule has 0 saturated heterocycles. The zero-order valence-corrected chi connectivity index (χ0v) is 26.0. The summed E-state index contributed by atoms with van der Waals surface area (Å²) >= 11 is 12.5. The molecule has 1 aromatic heterocycles. The van der Waals surface area contributed by atoms with E-state index in [2.05, 4.69) is 9.46 Å². The summed E-state index contributed by atoms with van der Waals surface area (Å²) in [5.74, 6) is -2.35. The van der Waals surface area contributed by atoms with E-state index in [0.717, 1.165) is 32.3 Å². The van der Waals surface area contributed by atoms with Gasteiger partial charge in [-0.15, -0.1) is 0 Å². The number of ether oxygens (including phenoxy) is 4. The van der Waals surface area contributed by atoms with Crippen LogP contribution >= 0.6 is 23.2 Å². The van der Waals surface area contributed by atoms with Crippen LogP contribution in [0.1, 0.15) is 46.0 Å². The molecule has 1 aliphatic rings. The van der Waals surface area contributed by atoms with Crippen LogP contribution in [0.2, 0.25) is 10.0 Å². The molecule has 11 nitrogen and oxygen atoms in total. The van der Waals surface area contributed by atoms with Gasteiger partial charge in [0.2, 0.25) is 10.0 Å². The number of aromatic nitrogens is 1. The molecule has 1 aliphatic carbocycles. The molecule has 2 aromatic carbocycles. The Morgan fingerprint density at radius 2 is 1.78 bits per heavy atom. The molecule has 3 aromatic rings. The van der Waals surface area contributed by atoms with E-state index in [4.69, 9.17) is 37.4 Å². The number of methoxy groups -OCH3 is 1. The van der Waals surface area contributed by atoms with Gasteiger partial charge in [-0.1, -0.05) is 47.5 Å². The smallest absolute Gasteiger partial charge is 0.387 e. The van der Waals surface area contributed by atoms with Crippen molar-refractivity contribution in [3.8, 4) is 11.5 Å². The van der Waals surface area contributed by atoms with Crippen molar-refractivity contribution in [2.45, 2.75) is 37.7 Å². The Kier molecular flexibility index (Phi) is 11.4. The molecule has 0 amide bonds. The number of carbonyl (C=O) groups is 2. The van der Waals surface area contributed by atoms with E-state index in [1.807, 2.05) is 0 Å². The lowest BCUT2D eigenvalue weighted by atomic mass is 10.0. The van der Waals surface area contributed by atoms with Crippen LogP contribution in [0.15, 0.2) is 54.9 Å². The summed E-state index contributed by atoms with van der Waals surface area (Å²) in [6.45, 7) is -3.66. The highest BCUT2D eigenvalue weighted by Gasteiger charge is 2.27. The second-order valence-corrected chi connectivity index (χ2v) is 12.7. The molecule has 1 N–H and O–H groups in total. The molecule has 1 fully saturated rings. The fraction of sp³-hybridized carbons (Fsp3) is 0.345. The molecule has 4 rings (SSSR count). The lowest BCUT2D eigenvalue weighted by Crippen LogP contribution is -2.33. The van der Waals surface area contributed by atoms with Crippen molar-refractivity contribution in [2.75, 3.05) is 20.3 Å². The summed E-state index contributed by atoms with van der Waals surface area (Å²) in [5, 5.41) is 11.7. The number of alkyl halides is 2. The van der Waals surface area contributed by atoms with Gasteiger partial charge in [0.15, 0.2) is 23.9 Å². The highest BCUT2D eigenvalue weighted by atomic mass is 35.5. The Bertz CT molecular complexity index is 1630. The van der Waals surface area contributed by atoms with Gasteiger partial charge < -0.3 is 24.2 Å². The van der Waals surface area contributed by atoms with E-state index < -0.39 is 47.0 Å². The predicted octanol–water partition coefficient (Wildman–Crippen LogP) is 4.75. The summed E-state index contributed by atoms with van der Waals surface area (Å²) in [7, 11) is -2.99. The molecule has 0 unspecified atom stereocenters. The van der Waals surface area contributed by atoms with Crippen molar-refractivity contribution in [1.29, 1.82) is 0 Å². The zero-order valence-electron chi connectivity index (χ0n) is 23.7. The zero-order chi connectivity index (χ0) is 32.7. The van der Waals surface area contributed by atoms with Gasteiger partial charge in [0.05, 0.1) is 25.0 Å². The number of esters is 2. The van der Waals surface area contributed by atoms with Crippen molar-refractivity contribution in [3.05, 3.63) is 92.4 Å². The van der Waals surface area contributed by atoms with Crippen LogP contribution in [0, 0.1) is 11.1 Å². The Balaban J connectivity index is 1.56. The van der Waals surface area contributed by atoms with E-state index in [1.165, 1.54) is 30.3 Å². The first kappa shape index (κ1) is 34.2. The maximum atomic E-state index is 13.1. The molecule has 1 heterocycles. The standard InChI is InChI=1S/C29H28Cl2F2N2O9S/c1-41-28(37)20-5-3-2-4-19(20)16-45(39,40)34-12-27(36)43-25(11-21-22(30)13-35(38)14-23(21)31)18-8-9-24(44-29(32)33)26(10-18)42-15-17-6-7-17/h2-5,8-10,13-14,17,25,29,34H,6-7,11-12,15-16H2,1H3/t25-/m0/s1. The SMILES string of the molecule is COC(=O)c1ccccc1CS(=O)(=O)NCC(=O)O[C@@H](Cc1c(Cl)c[n+]([O-])cc1Cl)c1ccc(OC(F)F)c(OCC2CC2)c1. The summed E-state index contributed by atoms with van der Waals surface area (Å²) in [6, 6.07) is 9.89. The number of pyridine rings is 1. The monoisotopic (exact) mass is 688 g/mol. The fourth-order valence-corrected chi connectivity index (χ4v) is 5.94. The number of nitrogens with zero attached hydrogens (tertiary/aromatic N) is 1. The molecular formula is C29H28Cl2F2N2O9S. The molecule has 1 saturated carbocycles. The van der Waals surface area contributed by atoms with Gasteiger partial charge in [0.25, 0.3) is 0 Å². The topological polar surface area (TPSA) is 144 Å². The maximum absolute atomic E-state index is 13.1. The second-order valence-electron chi connectivity index (χ2n) is 10.0. The number of sulfonamides is 1. The van der Waals surface area contributed by atoms with E-state index in [1.54, 1.807) is 12.1 Å². The third kappa shape index (κ3) is 9.88. The summed E-state index contributed by atoms with van der Waals surface area (Å²) < 4.78 is 74.9. The maximum Gasteiger partial charge on any atom is 0.387 e. The van der Waals surface area contributed by atoms with Crippen LogP contribution in [0.3, 0.4) is 0 Å². The Morgan fingerprint density at radius 1 is 1.09 bits per heavy atom.